The van der Waals surface area contributed by atoms with E-state index in [9.17, 15) is 14.9 Å². The van der Waals surface area contributed by atoms with Gasteiger partial charge in [0.15, 0.2) is 11.6 Å². The topological polar surface area (TPSA) is 57.9 Å². The Balaban J connectivity index is 2.26. The molecule has 114 valence electrons. The summed E-state index contributed by atoms with van der Waals surface area (Å²) in [6.07, 6.45) is 9.02. The van der Waals surface area contributed by atoms with Crippen molar-refractivity contribution in [2.45, 2.75) is 40.5 Å². The summed E-state index contributed by atoms with van der Waals surface area (Å²) in [6.45, 7) is 8.10. The molecule has 3 rings (SSSR count). The Morgan fingerprint density at radius 1 is 1.23 bits per heavy atom. The third-order valence-corrected chi connectivity index (χ3v) is 6.04. The first-order valence-electron chi connectivity index (χ1n) is 7.79. The lowest BCUT2D eigenvalue weighted by Gasteiger charge is -2.56. The number of allylic oxidation sites excluding steroid dienone is 6. The Kier molecular flexibility index (Phi) is 2.92. The molecule has 1 saturated carbocycles. The summed E-state index contributed by atoms with van der Waals surface area (Å²) in [4.78, 5) is 24.5. The molecular weight excluding hydrogens is 274 g/mol. The van der Waals surface area contributed by atoms with Crippen LogP contribution in [0.3, 0.4) is 0 Å². The molecule has 0 unspecified atom stereocenters. The zero-order chi connectivity index (χ0) is 16.3. The molecule has 0 radical (unpaired) electrons. The van der Waals surface area contributed by atoms with Crippen molar-refractivity contribution >= 4 is 11.6 Å². The van der Waals surface area contributed by atoms with E-state index in [1.807, 2.05) is 26.0 Å². The normalized spacial score (nSPS) is 39.3. The second-order valence-electron chi connectivity index (χ2n) is 7.81. The highest BCUT2D eigenvalue weighted by Gasteiger charge is 2.58. The number of nitriles is 1. The molecule has 3 aliphatic carbocycles. The Morgan fingerprint density at radius 2 is 1.91 bits per heavy atom. The van der Waals surface area contributed by atoms with Crippen LogP contribution in [0, 0.1) is 33.5 Å². The van der Waals surface area contributed by atoms with E-state index < -0.39 is 10.8 Å². The second-order valence-corrected chi connectivity index (χ2v) is 7.81. The summed E-state index contributed by atoms with van der Waals surface area (Å²) >= 11 is 0. The quantitative estimate of drug-likeness (QED) is 0.687. The van der Waals surface area contributed by atoms with Gasteiger partial charge in [-0.3, -0.25) is 9.59 Å². The molecule has 0 aromatic carbocycles. The van der Waals surface area contributed by atoms with Gasteiger partial charge in [-0.1, -0.05) is 39.8 Å². The van der Waals surface area contributed by atoms with Gasteiger partial charge in [-0.25, -0.2) is 0 Å². The van der Waals surface area contributed by atoms with Gasteiger partial charge in [0.25, 0.3) is 0 Å². The van der Waals surface area contributed by atoms with E-state index >= 15 is 0 Å². The minimum absolute atomic E-state index is 0.00374. The molecule has 0 aromatic rings. The molecule has 0 N–H and O–H groups in total. The second kappa shape index (κ2) is 4.29. The van der Waals surface area contributed by atoms with E-state index in [0.29, 0.717) is 0 Å². The van der Waals surface area contributed by atoms with Crippen LogP contribution in [0.1, 0.15) is 40.5 Å². The minimum atomic E-state index is -0.582. The van der Waals surface area contributed by atoms with Crippen molar-refractivity contribution in [3.05, 3.63) is 35.5 Å². The van der Waals surface area contributed by atoms with Gasteiger partial charge < -0.3 is 0 Å². The highest BCUT2D eigenvalue weighted by Crippen LogP contribution is 2.62. The zero-order valence-corrected chi connectivity index (χ0v) is 13.6. The van der Waals surface area contributed by atoms with Gasteiger partial charge >= 0.3 is 0 Å². The Morgan fingerprint density at radius 3 is 2.55 bits per heavy atom. The van der Waals surface area contributed by atoms with Gasteiger partial charge in [-0.15, -0.1) is 0 Å². The molecule has 1 fully saturated rings. The number of carbonyl (C=O) groups is 2. The van der Waals surface area contributed by atoms with Gasteiger partial charge in [0.2, 0.25) is 0 Å². The number of fused-ring (bicyclic) bond motifs is 3. The number of rotatable bonds is 0. The van der Waals surface area contributed by atoms with Crippen LogP contribution in [0.15, 0.2) is 35.5 Å². The minimum Gasteiger partial charge on any atom is -0.293 e. The fraction of sp³-hybridized carbons (Fsp3) is 0.526. The van der Waals surface area contributed by atoms with Crippen LogP contribution in [-0.2, 0) is 9.59 Å². The summed E-state index contributed by atoms with van der Waals surface area (Å²) in [5.74, 6) is 0.0403. The molecule has 0 spiro atoms. The maximum Gasteiger partial charge on any atom is 0.178 e. The number of hydrogen-bond acceptors (Lipinski definition) is 3. The van der Waals surface area contributed by atoms with Crippen molar-refractivity contribution in [1.29, 1.82) is 5.26 Å². The molecule has 0 aromatic heterocycles. The summed E-state index contributed by atoms with van der Waals surface area (Å²) in [5, 5.41) is 9.37. The lowest BCUT2D eigenvalue weighted by Crippen LogP contribution is -2.52. The highest BCUT2D eigenvalue weighted by atomic mass is 16.1. The molecule has 0 amide bonds. The first-order chi connectivity index (χ1) is 10.1. The maximum atomic E-state index is 12.6. The van der Waals surface area contributed by atoms with Crippen molar-refractivity contribution in [3.8, 4) is 6.07 Å². The number of ketones is 2. The average Bonchev–Trinajstić information content (AvgIpc) is 2.45. The van der Waals surface area contributed by atoms with Crippen molar-refractivity contribution < 1.29 is 9.59 Å². The van der Waals surface area contributed by atoms with Gasteiger partial charge in [-0.2, -0.15) is 5.26 Å². The van der Waals surface area contributed by atoms with E-state index in [4.69, 9.17) is 0 Å². The number of Topliss-reactive ketones (excluding diaryl/α,β-unsaturated/α-hetero) is 1. The SMILES string of the molecule is CC1(C)C(=O)C(C#N)=C[C@]2(C)C3=CC(=O)C=C[C@]3(C)CC[C@H]12. The summed E-state index contributed by atoms with van der Waals surface area (Å²) in [5.41, 5.74) is 0.122. The van der Waals surface area contributed by atoms with Gasteiger partial charge in [-0.05, 0) is 36.5 Å². The molecule has 22 heavy (non-hydrogen) atoms. The third-order valence-electron chi connectivity index (χ3n) is 6.04. The monoisotopic (exact) mass is 295 g/mol. The predicted molar refractivity (Wildman–Crippen MR) is 83.7 cm³/mol. The highest BCUT2D eigenvalue weighted by molar-refractivity contribution is 6.05. The van der Waals surface area contributed by atoms with Crippen molar-refractivity contribution in [3.63, 3.8) is 0 Å². The van der Waals surface area contributed by atoms with Crippen molar-refractivity contribution in [1.82, 2.24) is 0 Å². The smallest absolute Gasteiger partial charge is 0.178 e. The molecule has 3 heteroatoms. The van der Waals surface area contributed by atoms with Crippen molar-refractivity contribution in [2.75, 3.05) is 0 Å². The van der Waals surface area contributed by atoms with Crippen LogP contribution in [0.4, 0.5) is 0 Å². The maximum absolute atomic E-state index is 12.6. The lowest BCUT2D eigenvalue weighted by atomic mass is 9.46. The molecule has 0 bridgehead atoms. The predicted octanol–water partition coefficient (Wildman–Crippen LogP) is 3.53. The number of nitrogens with zero attached hydrogens (tertiary/aromatic N) is 1. The zero-order valence-electron chi connectivity index (χ0n) is 13.6. The lowest BCUT2D eigenvalue weighted by molar-refractivity contribution is -0.130. The molecule has 3 aliphatic rings. The molecule has 0 aliphatic heterocycles. The van der Waals surface area contributed by atoms with Crippen LogP contribution < -0.4 is 0 Å². The van der Waals surface area contributed by atoms with Crippen molar-refractivity contribution in [2.24, 2.45) is 22.2 Å². The van der Waals surface area contributed by atoms with E-state index in [-0.39, 0.29) is 28.5 Å². The Bertz CT molecular complexity index is 716. The largest absolute Gasteiger partial charge is 0.293 e. The van der Waals surface area contributed by atoms with E-state index in [2.05, 4.69) is 19.9 Å². The number of hydrogen-bond donors (Lipinski definition) is 0. The Hall–Kier alpha value is -1.95. The van der Waals surface area contributed by atoms with Crippen LogP contribution in [0.5, 0.6) is 0 Å². The fourth-order valence-electron chi connectivity index (χ4n) is 4.87. The van der Waals surface area contributed by atoms with Crippen LogP contribution in [-0.4, -0.2) is 11.6 Å². The molecule has 0 heterocycles. The van der Waals surface area contributed by atoms with E-state index in [1.54, 1.807) is 12.2 Å². The first-order valence-corrected chi connectivity index (χ1v) is 7.79. The van der Waals surface area contributed by atoms with Crippen LogP contribution >= 0.6 is 0 Å². The van der Waals surface area contributed by atoms with Gasteiger partial charge in [0.05, 0.1) is 5.57 Å². The molecule has 0 saturated heterocycles. The number of carbonyl (C=O) groups excluding carboxylic acids is 2. The summed E-state index contributed by atoms with van der Waals surface area (Å²) in [7, 11) is 0. The fourth-order valence-corrected chi connectivity index (χ4v) is 4.87. The molecule has 3 nitrogen and oxygen atoms in total. The Labute approximate surface area is 131 Å². The molecule has 3 atom stereocenters. The van der Waals surface area contributed by atoms with Crippen LogP contribution in [0.2, 0.25) is 0 Å². The first kappa shape index (κ1) is 15.0. The third kappa shape index (κ3) is 1.73. The standard InChI is InChI=1S/C19H21NO2/c1-17(2)14-6-8-18(3)7-5-13(21)9-15(18)19(14,4)10-12(11-20)16(17)22/h5,7,9-10,14H,6,8H2,1-4H3/t14-,18-,19+/m1/s1. The van der Waals surface area contributed by atoms with E-state index in [1.165, 1.54) is 0 Å². The van der Waals surface area contributed by atoms with Gasteiger partial charge in [0.1, 0.15) is 6.07 Å². The van der Waals surface area contributed by atoms with Gasteiger partial charge in [0, 0.05) is 16.2 Å². The molecular formula is C19H21NO2. The van der Waals surface area contributed by atoms with Crippen LogP contribution in [0.25, 0.3) is 0 Å². The average molecular weight is 295 g/mol. The summed E-state index contributed by atoms with van der Waals surface area (Å²) < 4.78 is 0. The summed E-state index contributed by atoms with van der Waals surface area (Å²) in [6, 6.07) is 2.07. The van der Waals surface area contributed by atoms with E-state index in [0.717, 1.165) is 18.4 Å².